The monoisotopic (exact) mass is 470 g/mol. The number of para-hydroxylation sites is 1. The number of anilines is 1. The van der Waals surface area contributed by atoms with Gasteiger partial charge in [-0.2, -0.15) is 0 Å². The third-order valence-corrected chi connectivity index (χ3v) is 7.20. The van der Waals surface area contributed by atoms with Crippen LogP contribution in [0.3, 0.4) is 0 Å². The number of carbonyl (C=O) groups excluding carboxylic acids is 3. The molecule has 0 radical (unpaired) electrons. The summed E-state index contributed by atoms with van der Waals surface area (Å²) in [6, 6.07) is 9.29. The zero-order valence-corrected chi connectivity index (χ0v) is 19.7. The Labute approximate surface area is 197 Å². The lowest BCUT2D eigenvalue weighted by Gasteiger charge is -2.37. The van der Waals surface area contributed by atoms with Gasteiger partial charge in [0.2, 0.25) is 11.8 Å². The topological polar surface area (TPSA) is 91.8 Å². The van der Waals surface area contributed by atoms with Crippen molar-refractivity contribution in [1.29, 1.82) is 0 Å². The summed E-state index contributed by atoms with van der Waals surface area (Å²) >= 11 is 1.43. The van der Waals surface area contributed by atoms with Gasteiger partial charge in [0.05, 0.1) is 5.69 Å². The first-order valence-electron chi connectivity index (χ1n) is 11.5. The Morgan fingerprint density at radius 3 is 2.27 bits per heavy atom. The number of aromatic nitrogens is 1. The van der Waals surface area contributed by atoms with E-state index in [-0.39, 0.29) is 36.2 Å². The van der Waals surface area contributed by atoms with Crippen molar-refractivity contribution in [1.82, 2.24) is 14.8 Å². The molecular weight excluding hydrogens is 440 g/mol. The van der Waals surface area contributed by atoms with Crippen LogP contribution in [0.1, 0.15) is 31.4 Å². The third kappa shape index (κ3) is 6.10. The quantitative estimate of drug-likeness (QED) is 0.701. The van der Waals surface area contributed by atoms with Crippen LogP contribution in [0, 0.1) is 18.8 Å². The number of nitrogens with zero attached hydrogens (tertiary/aromatic N) is 3. The minimum Gasteiger partial charge on any atom is -0.484 e. The van der Waals surface area contributed by atoms with Crippen molar-refractivity contribution in [3.63, 3.8) is 0 Å². The number of likely N-dealkylation sites (tertiary alicyclic amines) is 2. The molecule has 3 amide bonds. The Kier molecular flexibility index (Phi) is 7.59. The lowest BCUT2D eigenvalue weighted by atomic mass is 9.91. The van der Waals surface area contributed by atoms with Crippen molar-refractivity contribution in [3.8, 4) is 5.75 Å². The summed E-state index contributed by atoms with van der Waals surface area (Å²) in [6.45, 7) is 4.24. The summed E-state index contributed by atoms with van der Waals surface area (Å²) in [5.41, 5.74) is 0.896. The molecule has 0 saturated carbocycles. The van der Waals surface area contributed by atoms with Gasteiger partial charge in [-0.3, -0.25) is 14.4 Å². The number of aryl methyl sites for hydroxylation is 1. The second-order valence-corrected chi connectivity index (χ2v) is 9.50. The van der Waals surface area contributed by atoms with Crippen LogP contribution in [-0.2, 0) is 14.4 Å². The molecule has 0 spiro atoms. The Hall–Kier alpha value is -2.94. The fourth-order valence-corrected chi connectivity index (χ4v) is 5.06. The number of hydrogen-bond acceptors (Lipinski definition) is 6. The maximum atomic E-state index is 13.0. The van der Waals surface area contributed by atoms with Crippen LogP contribution in [0.5, 0.6) is 5.75 Å². The lowest BCUT2D eigenvalue weighted by molar-refractivity contribution is -0.143. The summed E-state index contributed by atoms with van der Waals surface area (Å²) < 4.78 is 5.56. The van der Waals surface area contributed by atoms with E-state index in [9.17, 15) is 14.4 Å². The first-order valence-corrected chi connectivity index (χ1v) is 12.3. The zero-order chi connectivity index (χ0) is 23.2. The molecule has 1 aromatic carbocycles. The Bertz CT molecular complexity index is 964. The molecule has 1 aromatic heterocycles. The smallest absolute Gasteiger partial charge is 0.260 e. The predicted molar refractivity (Wildman–Crippen MR) is 126 cm³/mol. The summed E-state index contributed by atoms with van der Waals surface area (Å²) in [5, 5.41) is 5.43. The zero-order valence-electron chi connectivity index (χ0n) is 18.9. The van der Waals surface area contributed by atoms with Crippen molar-refractivity contribution in [3.05, 3.63) is 41.4 Å². The van der Waals surface area contributed by atoms with Crippen LogP contribution in [0.2, 0.25) is 0 Å². The van der Waals surface area contributed by atoms with Crippen LogP contribution in [0.25, 0.3) is 0 Å². The van der Waals surface area contributed by atoms with Gasteiger partial charge in [-0.1, -0.05) is 18.2 Å². The van der Waals surface area contributed by atoms with Gasteiger partial charge in [-0.25, -0.2) is 4.98 Å². The summed E-state index contributed by atoms with van der Waals surface area (Å²) in [7, 11) is 0. The van der Waals surface area contributed by atoms with E-state index < -0.39 is 0 Å². The molecule has 3 heterocycles. The Morgan fingerprint density at radius 1 is 1.00 bits per heavy atom. The number of nitrogens with one attached hydrogen (secondary N) is 1. The minimum absolute atomic E-state index is 0.0127. The molecular formula is C24H30N4O4S. The van der Waals surface area contributed by atoms with Gasteiger partial charge in [-0.15, -0.1) is 11.3 Å². The molecule has 0 aliphatic carbocycles. The minimum atomic E-state index is -0.0951. The van der Waals surface area contributed by atoms with Crippen molar-refractivity contribution < 1.29 is 19.1 Å². The van der Waals surface area contributed by atoms with E-state index in [1.165, 1.54) is 11.3 Å². The van der Waals surface area contributed by atoms with Gasteiger partial charge in [0, 0.05) is 43.4 Å². The third-order valence-electron chi connectivity index (χ3n) is 6.33. The maximum absolute atomic E-state index is 13.0. The molecule has 2 saturated heterocycles. The number of piperidine rings is 2. The number of benzene rings is 1. The van der Waals surface area contributed by atoms with Gasteiger partial charge in [0.1, 0.15) is 5.75 Å². The van der Waals surface area contributed by atoms with Gasteiger partial charge in [-0.05, 0) is 44.7 Å². The van der Waals surface area contributed by atoms with Crippen molar-refractivity contribution >= 4 is 34.2 Å². The largest absolute Gasteiger partial charge is 0.484 e. The van der Waals surface area contributed by atoms with Crippen molar-refractivity contribution in [2.24, 2.45) is 11.8 Å². The van der Waals surface area contributed by atoms with Crippen LogP contribution in [-0.4, -0.2) is 65.3 Å². The fourth-order valence-electron chi connectivity index (χ4n) is 4.37. The van der Waals surface area contributed by atoms with Gasteiger partial charge >= 0.3 is 0 Å². The standard InChI is InChI=1S/C24H30N4O4S/c1-17-16-33-24(25-17)26-22(30)18-7-13-28(14-8-18)23(31)19-9-11-27(12-10-19)21(29)15-32-20-5-3-2-4-6-20/h2-6,16,18-19H,7-15H2,1H3,(H,25,26,30). The molecule has 0 unspecified atom stereocenters. The number of ether oxygens (including phenoxy) is 1. The second kappa shape index (κ2) is 10.8. The highest BCUT2D eigenvalue weighted by Gasteiger charge is 2.33. The number of hydrogen-bond donors (Lipinski definition) is 1. The average Bonchev–Trinajstić information content (AvgIpc) is 3.27. The highest BCUT2D eigenvalue weighted by molar-refractivity contribution is 7.13. The van der Waals surface area contributed by atoms with E-state index in [1.54, 1.807) is 4.90 Å². The van der Waals surface area contributed by atoms with E-state index >= 15 is 0 Å². The molecule has 176 valence electrons. The molecule has 33 heavy (non-hydrogen) atoms. The molecule has 4 rings (SSSR count). The first-order chi connectivity index (χ1) is 16.0. The van der Waals surface area contributed by atoms with Crippen LogP contribution < -0.4 is 10.1 Å². The van der Waals surface area contributed by atoms with Gasteiger partial charge in [0.25, 0.3) is 5.91 Å². The van der Waals surface area contributed by atoms with Crippen LogP contribution in [0.15, 0.2) is 35.7 Å². The molecule has 2 fully saturated rings. The van der Waals surface area contributed by atoms with Crippen LogP contribution in [0.4, 0.5) is 5.13 Å². The van der Waals surface area contributed by atoms with Crippen LogP contribution >= 0.6 is 11.3 Å². The van der Waals surface area contributed by atoms with E-state index in [4.69, 9.17) is 4.74 Å². The molecule has 8 nitrogen and oxygen atoms in total. The van der Waals surface area contributed by atoms with E-state index in [0.29, 0.717) is 62.7 Å². The summed E-state index contributed by atoms with van der Waals surface area (Å²) in [5.74, 6) is 0.606. The van der Waals surface area contributed by atoms with Gasteiger partial charge in [0.15, 0.2) is 11.7 Å². The van der Waals surface area contributed by atoms with Crippen molar-refractivity contribution in [2.75, 3.05) is 38.1 Å². The van der Waals surface area contributed by atoms with E-state index in [0.717, 1.165) is 5.69 Å². The molecule has 2 aliphatic heterocycles. The van der Waals surface area contributed by atoms with Gasteiger partial charge < -0.3 is 19.9 Å². The highest BCUT2D eigenvalue weighted by atomic mass is 32.1. The summed E-state index contributed by atoms with van der Waals surface area (Å²) in [6.07, 6.45) is 2.66. The highest BCUT2D eigenvalue weighted by Crippen LogP contribution is 2.25. The van der Waals surface area contributed by atoms with Crippen molar-refractivity contribution in [2.45, 2.75) is 32.6 Å². The number of thiazole rings is 1. The molecule has 9 heteroatoms. The fraction of sp³-hybridized carbons (Fsp3) is 0.500. The summed E-state index contributed by atoms with van der Waals surface area (Å²) in [4.78, 5) is 45.9. The number of rotatable bonds is 6. The number of carbonyl (C=O) groups is 3. The second-order valence-electron chi connectivity index (χ2n) is 8.64. The SMILES string of the molecule is Cc1csc(NC(=O)C2CCN(C(=O)C3CCN(C(=O)COc4ccccc4)CC3)CC2)n1. The molecule has 0 bridgehead atoms. The number of amides is 3. The normalized spacial score (nSPS) is 17.6. The molecule has 2 aromatic rings. The lowest BCUT2D eigenvalue weighted by Crippen LogP contribution is -2.48. The van der Waals surface area contributed by atoms with E-state index in [1.807, 2.05) is 47.5 Å². The first kappa shape index (κ1) is 23.2. The predicted octanol–water partition coefficient (Wildman–Crippen LogP) is 2.95. The molecule has 1 N–H and O–H groups in total. The molecule has 2 aliphatic rings. The maximum Gasteiger partial charge on any atom is 0.260 e. The Balaban J connectivity index is 1.18. The Morgan fingerprint density at radius 2 is 1.64 bits per heavy atom. The molecule has 0 atom stereocenters. The average molecular weight is 471 g/mol. The van der Waals surface area contributed by atoms with E-state index in [2.05, 4.69) is 10.3 Å².